The third-order valence-electron chi connectivity index (χ3n) is 5.06. The molecule has 0 fully saturated rings. The highest BCUT2D eigenvalue weighted by atomic mass is 32.2. The molecule has 0 unspecified atom stereocenters. The summed E-state index contributed by atoms with van der Waals surface area (Å²) in [4.78, 5) is 12.7. The first-order valence-corrected chi connectivity index (χ1v) is 12.6. The summed E-state index contributed by atoms with van der Waals surface area (Å²) < 4.78 is 34.3. The van der Waals surface area contributed by atoms with E-state index in [-0.39, 0.29) is 16.6 Å². The molecule has 0 radical (unpaired) electrons. The van der Waals surface area contributed by atoms with E-state index in [1.165, 1.54) is 22.1 Å². The minimum Gasteiger partial charge on any atom is -0.469 e. The van der Waals surface area contributed by atoms with Crippen molar-refractivity contribution in [2.45, 2.75) is 37.7 Å². The van der Waals surface area contributed by atoms with Crippen molar-refractivity contribution in [3.05, 3.63) is 41.9 Å². The zero-order valence-corrected chi connectivity index (χ0v) is 20.4. The van der Waals surface area contributed by atoms with Crippen LogP contribution in [0.2, 0.25) is 0 Å². The topological polar surface area (TPSA) is 110 Å². The van der Waals surface area contributed by atoms with Gasteiger partial charge >= 0.3 is 0 Å². The van der Waals surface area contributed by atoms with Gasteiger partial charge in [-0.15, -0.1) is 10.2 Å². The molecule has 2 heterocycles. The van der Waals surface area contributed by atoms with Crippen molar-refractivity contribution in [2.24, 2.45) is 7.05 Å². The molecule has 1 aromatic carbocycles. The molecular formula is C21H27N5O4S2. The Morgan fingerprint density at radius 3 is 2.53 bits per heavy atom. The Balaban J connectivity index is 1.70. The van der Waals surface area contributed by atoms with Crippen LogP contribution in [0.15, 0.2) is 45.0 Å². The van der Waals surface area contributed by atoms with Crippen LogP contribution < -0.4 is 5.32 Å². The van der Waals surface area contributed by atoms with Gasteiger partial charge in [-0.05, 0) is 37.6 Å². The molecule has 0 aliphatic rings. The number of hydrogen-bond acceptors (Lipinski definition) is 7. The third kappa shape index (κ3) is 4.89. The first kappa shape index (κ1) is 24.0. The molecule has 1 N–H and O–H groups in total. The van der Waals surface area contributed by atoms with E-state index in [0.717, 1.165) is 11.3 Å². The number of benzene rings is 1. The van der Waals surface area contributed by atoms with Crippen molar-refractivity contribution >= 4 is 33.4 Å². The predicted molar refractivity (Wildman–Crippen MR) is 124 cm³/mol. The van der Waals surface area contributed by atoms with E-state index in [4.69, 9.17) is 4.42 Å². The van der Waals surface area contributed by atoms with Gasteiger partial charge in [-0.25, -0.2) is 8.42 Å². The molecule has 0 saturated carbocycles. The van der Waals surface area contributed by atoms with Gasteiger partial charge in [0, 0.05) is 25.8 Å². The van der Waals surface area contributed by atoms with Crippen LogP contribution in [-0.4, -0.2) is 52.2 Å². The largest absolute Gasteiger partial charge is 0.469 e. The van der Waals surface area contributed by atoms with Crippen molar-refractivity contribution < 1.29 is 17.6 Å². The van der Waals surface area contributed by atoms with Gasteiger partial charge in [0.15, 0.2) is 11.0 Å². The molecule has 2 aromatic heterocycles. The highest BCUT2D eigenvalue weighted by Crippen LogP contribution is 2.27. The number of nitrogens with one attached hydrogen (secondary N) is 1. The van der Waals surface area contributed by atoms with Crippen LogP contribution >= 0.6 is 11.8 Å². The molecule has 32 heavy (non-hydrogen) atoms. The smallest absolute Gasteiger partial charge is 0.243 e. The molecule has 3 aromatic rings. The van der Waals surface area contributed by atoms with Crippen LogP contribution in [0.25, 0.3) is 11.4 Å². The molecule has 0 bridgehead atoms. The number of nitrogens with zero attached hydrogens (tertiary/aromatic N) is 4. The van der Waals surface area contributed by atoms with Gasteiger partial charge in [0.25, 0.3) is 0 Å². The molecule has 11 heteroatoms. The fraction of sp³-hybridized carbons (Fsp3) is 0.381. The van der Waals surface area contributed by atoms with Gasteiger partial charge < -0.3 is 14.3 Å². The molecule has 0 aliphatic heterocycles. The molecule has 0 atom stereocenters. The summed E-state index contributed by atoms with van der Waals surface area (Å²) >= 11 is 1.24. The Morgan fingerprint density at radius 2 is 1.91 bits per heavy atom. The zero-order valence-electron chi connectivity index (χ0n) is 18.7. The summed E-state index contributed by atoms with van der Waals surface area (Å²) in [6, 6.07) is 6.72. The quantitative estimate of drug-likeness (QED) is 0.470. The van der Waals surface area contributed by atoms with E-state index in [1.54, 1.807) is 43.7 Å². The lowest BCUT2D eigenvalue weighted by atomic mass is 10.2. The second-order valence-electron chi connectivity index (χ2n) is 7.16. The van der Waals surface area contributed by atoms with Crippen LogP contribution in [-0.2, 0) is 21.9 Å². The number of rotatable bonds is 9. The van der Waals surface area contributed by atoms with E-state index in [0.29, 0.717) is 35.3 Å². The third-order valence-corrected chi connectivity index (χ3v) is 8.27. The van der Waals surface area contributed by atoms with E-state index in [2.05, 4.69) is 15.5 Å². The minimum absolute atomic E-state index is 0.0996. The van der Waals surface area contributed by atoms with Crippen LogP contribution in [0.3, 0.4) is 0 Å². The first-order chi connectivity index (χ1) is 15.2. The Labute approximate surface area is 192 Å². The summed E-state index contributed by atoms with van der Waals surface area (Å²) in [5, 5.41) is 11.7. The average molecular weight is 478 g/mol. The Morgan fingerprint density at radius 1 is 1.19 bits per heavy atom. The predicted octanol–water partition coefficient (Wildman–Crippen LogP) is 3.45. The number of hydrogen-bond donors (Lipinski definition) is 1. The molecule has 0 aliphatic carbocycles. The van der Waals surface area contributed by atoms with E-state index < -0.39 is 10.0 Å². The second kappa shape index (κ2) is 9.88. The van der Waals surface area contributed by atoms with Crippen molar-refractivity contribution in [1.82, 2.24) is 19.1 Å². The fourth-order valence-electron chi connectivity index (χ4n) is 3.28. The van der Waals surface area contributed by atoms with Gasteiger partial charge in [-0.2, -0.15) is 4.31 Å². The lowest BCUT2D eigenvalue weighted by Gasteiger charge is -2.20. The highest BCUT2D eigenvalue weighted by molar-refractivity contribution is 7.99. The number of anilines is 1. The fourth-order valence-corrected chi connectivity index (χ4v) is 5.70. The normalized spacial score (nSPS) is 11.8. The van der Waals surface area contributed by atoms with E-state index in [1.807, 2.05) is 20.0 Å². The van der Waals surface area contributed by atoms with Crippen molar-refractivity contribution in [3.63, 3.8) is 0 Å². The van der Waals surface area contributed by atoms with Crippen LogP contribution in [0.4, 0.5) is 5.69 Å². The molecular weight excluding hydrogens is 450 g/mol. The lowest BCUT2D eigenvalue weighted by Crippen LogP contribution is -2.31. The van der Waals surface area contributed by atoms with Gasteiger partial charge in [-0.1, -0.05) is 31.7 Å². The molecule has 172 valence electrons. The number of carbonyl (C=O) groups is 1. The molecule has 3 rings (SSSR count). The highest BCUT2D eigenvalue weighted by Gasteiger charge is 2.24. The number of furan rings is 1. The van der Waals surface area contributed by atoms with Gasteiger partial charge in [-0.3, -0.25) is 4.79 Å². The SMILES string of the molecule is CCN(CC)S(=O)(=O)c1cc(NC(=O)CSc2nnc(-c3ccoc3C)n2C)ccc1C. The molecule has 0 saturated heterocycles. The van der Waals surface area contributed by atoms with Crippen LogP contribution in [0, 0.1) is 13.8 Å². The number of aryl methyl sites for hydroxylation is 2. The number of aromatic nitrogens is 3. The molecule has 1 amide bonds. The molecule has 9 nitrogen and oxygen atoms in total. The van der Waals surface area contributed by atoms with Crippen LogP contribution in [0.1, 0.15) is 25.2 Å². The number of amides is 1. The van der Waals surface area contributed by atoms with Crippen LogP contribution in [0.5, 0.6) is 0 Å². The standard InChI is InChI=1S/C21H27N5O4S2/c1-6-26(7-2)32(28,29)18-12-16(9-8-14(18)3)22-19(27)13-31-21-24-23-20(25(21)5)17-10-11-30-15(17)4/h8-12H,6-7,13H2,1-5H3,(H,22,27). The zero-order chi connectivity index (χ0) is 23.5. The second-order valence-corrected chi connectivity index (χ2v) is 10.0. The number of thioether (sulfide) groups is 1. The number of sulfonamides is 1. The summed E-state index contributed by atoms with van der Waals surface area (Å²) in [6.07, 6.45) is 1.59. The Kier molecular flexibility index (Phi) is 7.42. The van der Waals surface area contributed by atoms with Gasteiger partial charge in [0.2, 0.25) is 15.9 Å². The average Bonchev–Trinajstić information content (AvgIpc) is 3.33. The van der Waals surface area contributed by atoms with Crippen molar-refractivity contribution in [3.8, 4) is 11.4 Å². The number of carbonyl (C=O) groups excluding carboxylic acids is 1. The summed E-state index contributed by atoms with van der Waals surface area (Å²) in [6.45, 7) is 7.94. The summed E-state index contributed by atoms with van der Waals surface area (Å²) in [7, 11) is -1.80. The Hall–Kier alpha value is -2.63. The Bertz CT molecular complexity index is 1210. The van der Waals surface area contributed by atoms with E-state index >= 15 is 0 Å². The minimum atomic E-state index is -3.63. The molecule has 0 spiro atoms. The first-order valence-electron chi connectivity index (χ1n) is 10.2. The van der Waals surface area contributed by atoms with Crippen molar-refractivity contribution in [2.75, 3.05) is 24.2 Å². The monoisotopic (exact) mass is 477 g/mol. The maximum Gasteiger partial charge on any atom is 0.243 e. The van der Waals surface area contributed by atoms with Gasteiger partial charge in [0.1, 0.15) is 5.76 Å². The van der Waals surface area contributed by atoms with Gasteiger partial charge in [0.05, 0.1) is 22.5 Å². The maximum atomic E-state index is 12.9. The van der Waals surface area contributed by atoms with E-state index in [9.17, 15) is 13.2 Å². The summed E-state index contributed by atoms with van der Waals surface area (Å²) in [5.41, 5.74) is 1.91. The maximum absolute atomic E-state index is 12.9. The van der Waals surface area contributed by atoms with Crippen molar-refractivity contribution in [1.29, 1.82) is 0 Å². The lowest BCUT2D eigenvalue weighted by molar-refractivity contribution is -0.113. The summed E-state index contributed by atoms with van der Waals surface area (Å²) in [5.74, 6) is 1.23.